The molecule has 18 heavy (non-hydrogen) atoms. The minimum atomic E-state index is 0.104. The quantitative estimate of drug-likeness (QED) is 0.835. The minimum absolute atomic E-state index is 0.104. The van der Waals surface area contributed by atoms with Crippen LogP contribution in [-0.2, 0) is 6.42 Å². The molecule has 0 aromatic carbocycles. The number of fused-ring (bicyclic) bond motifs is 1. The van der Waals surface area contributed by atoms with Crippen molar-refractivity contribution in [3.63, 3.8) is 0 Å². The van der Waals surface area contributed by atoms with Crippen molar-refractivity contribution in [2.24, 2.45) is 0 Å². The summed E-state index contributed by atoms with van der Waals surface area (Å²) in [5.74, 6) is 0.427. The normalized spacial score (nSPS) is 11.1. The van der Waals surface area contributed by atoms with E-state index in [9.17, 15) is 4.79 Å². The lowest BCUT2D eigenvalue weighted by atomic mass is 10.0. The Labute approximate surface area is 108 Å². The zero-order valence-corrected chi connectivity index (χ0v) is 10.8. The Balaban J connectivity index is 2.63. The molecule has 0 aromatic rings. The number of aldehydes is 1. The zero-order chi connectivity index (χ0) is 13.1. The fourth-order valence-electron chi connectivity index (χ4n) is 2.28. The zero-order valence-electron chi connectivity index (χ0n) is 10.8. The lowest BCUT2D eigenvalue weighted by Gasteiger charge is -2.03. The molecular formula is C16H18O2. The second-order valence-electron chi connectivity index (χ2n) is 4.87. The minimum Gasteiger partial charge on any atom is -0.396 e. The highest BCUT2D eigenvalue weighted by Crippen LogP contribution is 2.33. The van der Waals surface area contributed by atoms with Crippen molar-refractivity contribution in [2.45, 2.75) is 26.2 Å². The summed E-state index contributed by atoms with van der Waals surface area (Å²) in [6.45, 7) is 4.38. The molecule has 0 radical (unpaired) electrons. The SMILES string of the molecule is CC(C)c1cccc2c(CCO)cc(C=O)c-2c1. The molecule has 2 aliphatic carbocycles. The number of hydrogen-bond donors (Lipinski definition) is 1. The van der Waals surface area contributed by atoms with Crippen LogP contribution in [0.4, 0.5) is 0 Å². The Morgan fingerprint density at radius 3 is 2.61 bits per heavy atom. The molecule has 0 heterocycles. The van der Waals surface area contributed by atoms with E-state index in [1.54, 1.807) is 0 Å². The summed E-state index contributed by atoms with van der Waals surface area (Å²) in [5, 5.41) is 9.08. The van der Waals surface area contributed by atoms with Crippen molar-refractivity contribution in [3.05, 3.63) is 47.0 Å². The van der Waals surface area contributed by atoms with Crippen LogP contribution in [-0.4, -0.2) is 18.0 Å². The van der Waals surface area contributed by atoms with Gasteiger partial charge in [-0.25, -0.2) is 0 Å². The Kier molecular flexibility index (Phi) is 3.78. The molecule has 0 saturated heterocycles. The maximum Gasteiger partial charge on any atom is 0.150 e. The highest BCUT2D eigenvalue weighted by atomic mass is 16.2. The Hall–Kier alpha value is -1.67. The van der Waals surface area contributed by atoms with Crippen molar-refractivity contribution in [3.8, 4) is 11.1 Å². The van der Waals surface area contributed by atoms with Crippen LogP contribution in [0, 0.1) is 0 Å². The maximum atomic E-state index is 11.2. The van der Waals surface area contributed by atoms with Crippen molar-refractivity contribution >= 4 is 6.29 Å². The molecule has 0 spiro atoms. The van der Waals surface area contributed by atoms with Gasteiger partial charge in [0.2, 0.25) is 0 Å². The number of aliphatic hydroxyl groups is 1. The molecule has 0 fully saturated rings. The van der Waals surface area contributed by atoms with Crippen molar-refractivity contribution < 1.29 is 9.90 Å². The van der Waals surface area contributed by atoms with E-state index < -0.39 is 0 Å². The summed E-state index contributed by atoms with van der Waals surface area (Å²) in [5.41, 5.74) is 5.03. The van der Waals surface area contributed by atoms with E-state index in [-0.39, 0.29) is 6.61 Å². The monoisotopic (exact) mass is 242 g/mol. The van der Waals surface area contributed by atoms with Crippen LogP contribution in [0.3, 0.4) is 0 Å². The predicted molar refractivity (Wildman–Crippen MR) is 73.3 cm³/mol. The van der Waals surface area contributed by atoms with Crippen LogP contribution in [0.2, 0.25) is 0 Å². The highest BCUT2D eigenvalue weighted by Gasteiger charge is 2.15. The van der Waals surface area contributed by atoms with Gasteiger partial charge in [0, 0.05) is 12.2 Å². The molecule has 0 saturated carbocycles. The fourth-order valence-corrected chi connectivity index (χ4v) is 2.28. The third kappa shape index (κ3) is 2.29. The Morgan fingerprint density at radius 2 is 2.00 bits per heavy atom. The van der Waals surface area contributed by atoms with E-state index >= 15 is 0 Å². The summed E-state index contributed by atoms with van der Waals surface area (Å²) in [4.78, 5) is 11.2. The predicted octanol–water partition coefficient (Wildman–Crippen LogP) is 3.26. The number of rotatable bonds is 4. The molecule has 0 aromatic heterocycles. The number of aliphatic hydroxyl groups excluding tert-OH is 1. The van der Waals surface area contributed by atoms with Gasteiger partial charge in [-0.2, -0.15) is 0 Å². The first-order valence-corrected chi connectivity index (χ1v) is 6.29. The van der Waals surface area contributed by atoms with Crippen LogP contribution in [0.1, 0.15) is 41.3 Å². The van der Waals surface area contributed by atoms with Gasteiger partial charge in [0.25, 0.3) is 0 Å². The first kappa shape index (κ1) is 12.8. The van der Waals surface area contributed by atoms with Crippen molar-refractivity contribution in [2.75, 3.05) is 6.61 Å². The van der Waals surface area contributed by atoms with Gasteiger partial charge in [0.05, 0.1) is 0 Å². The molecule has 2 nitrogen and oxygen atoms in total. The summed E-state index contributed by atoms with van der Waals surface area (Å²) >= 11 is 0. The van der Waals surface area contributed by atoms with Crippen LogP contribution < -0.4 is 0 Å². The molecule has 0 aliphatic heterocycles. The fraction of sp³-hybridized carbons (Fsp3) is 0.312. The molecule has 0 atom stereocenters. The second-order valence-corrected chi connectivity index (χ2v) is 4.87. The van der Waals surface area contributed by atoms with E-state index in [2.05, 4.69) is 26.0 Å². The van der Waals surface area contributed by atoms with Crippen molar-refractivity contribution in [1.82, 2.24) is 0 Å². The largest absolute Gasteiger partial charge is 0.396 e. The molecule has 0 unspecified atom stereocenters. The second kappa shape index (κ2) is 5.32. The van der Waals surface area contributed by atoms with E-state index in [1.165, 1.54) is 5.56 Å². The summed E-state index contributed by atoms with van der Waals surface area (Å²) < 4.78 is 0. The van der Waals surface area contributed by atoms with Gasteiger partial charge < -0.3 is 5.11 Å². The molecule has 2 rings (SSSR count). The maximum absolute atomic E-state index is 11.2. The molecule has 2 aliphatic rings. The molecule has 0 bridgehead atoms. The summed E-state index contributed by atoms with van der Waals surface area (Å²) in [6.07, 6.45) is 1.48. The standard InChI is InChI=1S/C16H18O2/c1-11(2)12-4-3-5-15-13(6-7-17)8-14(10-18)16(15)9-12/h3-5,8-11,17H,6-7H2,1-2H3. The first-order valence-electron chi connectivity index (χ1n) is 6.29. The summed E-state index contributed by atoms with van der Waals surface area (Å²) in [7, 11) is 0. The van der Waals surface area contributed by atoms with E-state index in [4.69, 9.17) is 5.11 Å². The average molecular weight is 242 g/mol. The third-order valence-electron chi connectivity index (χ3n) is 3.31. The number of carbonyl (C=O) groups excluding carboxylic acids is 1. The number of carbonyl (C=O) groups is 1. The van der Waals surface area contributed by atoms with Gasteiger partial charge in [-0.1, -0.05) is 38.1 Å². The van der Waals surface area contributed by atoms with Gasteiger partial charge in [-0.3, -0.25) is 4.79 Å². The first-order chi connectivity index (χ1) is 8.67. The van der Waals surface area contributed by atoms with Gasteiger partial charge in [-0.15, -0.1) is 0 Å². The van der Waals surface area contributed by atoms with Gasteiger partial charge in [0.15, 0.2) is 6.29 Å². The molecule has 2 heteroatoms. The lowest BCUT2D eigenvalue weighted by molar-refractivity contribution is 0.112. The Morgan fingerprint density at radius 1 is 1.22 bits per heavy atom. The topological polar surface area (TPSA) is 37.3 Å². The van der Waals surface area contributed by atoms with Gasteiger partial charge in [0.1, 0.15) is 0 Å². The molecule has 0 amide bonds. The highest BCUT2D eigenvalue weighted by molar-refractivity contribution is 5.92. The van der Waals surface area contributed by atoms with E-state index in [0.717, 1.165) is 23.0 Å². The van der Waals surface area contributed by atoms with Crippen LogP contribution in [0.5, 0.6) is 0 Å². The van der Waals surface area contributed by atoms with Gasteiger partial charge in [-0.05, 0) is 40.7 Å². The van der Waals surface area contributed by atoms with Crippen LogP contribution >= 0.6 is 0 Å². The molecule has 94 valence electrons. The van der Waals surface area contributed by atoms with E-state index in [1.807, 2.05) is 18.2 Å². The van der Waals surface area contributed by atoms with Crippen molar-refractivity contribution in [1.29, 1.82) is 0 Å². The van der Waals surface area contributed by atoms with E-state index in [0.29, 0.717) is 17.9 Å². The van der Waals surface area contributed by atoms with Gasteiger partial charge >= 0.3 is 0 Å². The molecular weight excluding hydrogens is 224 g/mol. The van der Waals surface area contributed by atoms with Crippen LogP contribution in [0.25, 0.3) is 11.1 Å². The number of hydrogen-bond acceptors (Lipinski definition) is 2. The molecule has 1 N–H and O–H groups in total. The average Bonchev–Trinajstić information content (AvgIpc) is 2.54. The smallest absolute Gasteiger partial charge is 0.150 e. The van der Waals surface area contributed by atoms with Crippen LogP contribution in [0.15, 0.2) is 30.3 Å². The Bertz CT molecular complexity index is 529. The summed E-state index contributed by atoms with van der Waals surface area (Å²) in [6, 6.07) is 10.1. The third-order valence-corrected chi connectivity index (χ3v) is 3.31. The lowest BCUT2D eigenvalue weighted by Crippen LogP contribution is -1.89.